The molecule has 2 rings (SSSR count). The molecule has 2 aromatic carbocycles. The molecule has 5 heteroatoms. The Balaban J connectivity index is 1.72. The average Bonchev–Trinajstić information content (AvgIpc) is 2.56. The van der Waals surface area contributed by atoms with Crippen LogP contribution in [0.3, 0.4) is 0 Å². The molecular weight excluding hydrogens is 373 g/mol. The molecule has 3 nitrogen and oxygen atoms in total. The molecular formula is C19H19BrFNO2. The molecule has 0 atom stereocenters. The predicted molar refractivity (Wildman–Crippen MR) is 95.6 cm³/mol. The Morgan fingerprint density at radius 3 is 2.46 bits per heavy atom. The third kappa shape index (κ3) is 5.57. The van der Waals surface area contributed by atoms with Gasteiger partial charge in [-0.05, 0) is 47.0 Å². The summed E-state index contributed by atoms with van der Waals surface area (Å²) in [4.78, 5) is 23.8. The molecule has 0 fully saturated rings. The fourth-order valence-corrected chi connectivity index (χ4v) is 2.67. The zero-order valence-electron chi connectivity index (χ0n) is 13.4. The Morgan fingerprint density at radius 2 is 1.79 bits per heavy atom. The van der Waals surface area contributed by atoms with Gasteiger partial charge in [0.25, 0.3) is 0 Å². The summed E-state index contributed by atoms with van der Waals surface area (Å²) in [6, 6.07) is 12.1. The SMILES string of the molecule is Cc1ccc(C(=O)CCC(=O)NCCc2ccc(F)c(Br)c2)cc1. The average molecular weight is 392 g/mol. The van der Waals surface area contributed by atoms with Gasteiger partial charge in [0.05, 0.1) is 4.47 Å². The Labute approximate surface area is 149 Å². The second kappa shape index (κ2) is 8.73. The van der Waals surface area contributed by atoms with E-state index in [4.69, 9.17) is 0 Å². The molecule has 0 spiro atoms. The largest absolute Gasteiger partial charge is 0.356 e. The molecule has 0 aliphatic heterocycles. The summed E-state index contributed by atoms with van der Waals surface area (Å²) >= 11 is 3.13. The summed E-state index contributed by atoms with van der Waals surface area (Å²) < 4.78 is 13.6. The number of ketones is 1. The van der Waals surface area contributed by atoms with Crippen LogP contribution in [0.2, 0.25) is 0 Å². The van der Waals surface area contributed by atoms with E-state index in [0.29, 0.717) is 23.0 Å². The summed E-state index contributed by atoms with van der Waals surface area (Å²) in [5.41, 5.74) is 2.65. The zero-order chi connectivity index (χ0) is 17.5. The first-order valence-corrected chi connectivity index (χ1v) is 8.55. The Hall–Kier alpha value is -2.01. The highest BCUT2D eigenvalue weighted by Crippen LogP contribution is 2.17. The summed E-state index contributed by atoms with van der Waals surface area (Å²) in [6.07, 6.45) is 0.966. The molecule has 0 aliphatic rings. The molecule has 0 aromatic heterocycles. The number of rotatable bonds is 7. The number of hydrogen-bond acceptors (Lipinski definition) is 2. The van der Waals surface area contributed by atoms with Crippen molar-refractivity contribution in [2.45, 2.75) is 26.2 Å². The van der Waals surface area contributed by atoms with Crippen LogP contribution in [0.4, 0.5) is 4.39 Å². The number of amides is 1. The van der Waals surface area contributed by atoms with Crippen LogP contribution in [0.25, 0.3) is 0 Å². The van der Waals surface area contributed by atoms with Gasteiger partial charge >= 0.3 is 0 Å². The number of halogens is 2. The molecule has 0 unspecified atom stereocenters. The first kappa shape index (κ1) is 18.3. The van der Waals surface area contributed by atoms with E-state index in [1.54, 1.807) is 24.3 Å². The monoisotopic (exact) mass is 391 g/mol. The van der Waals surface area contributed by atoms with Crippen molar-refractivity contribution in [3.8, 4) is 0 Å². The van der Waals surface area contributed by atoms with Gasteiger partial charge in [-0.1, -0.05) is 35.9 Å². The lowest BCUT2D eigenvalue weighted by Gasteiger charge is -2.06. The van der Waals surface area contributed by atoms with E-state index in [0.717, 1.165) is 11.1 Å². The molecule has 1 amide bonds. The molecule has 0 radical (unpaired) electrons. The number of carbonyl (C=O) groups is 2. The normalized spacial score (nSPS) is 10.5. The van der Waals surface area contributed by atoms with Gasteiger partial charge in [0.2, 0.25) is 5.91 Å². The highest BCUT2D eigenvalue weighted by Gasteiger charge is 2.09. The lowest BCUT2D eigenvalue weighted by molar-refractivity contribution is -0.121. The first-order chi connectivity index (χ1) is 11.5. The Bertz CT molecular complexity index is 729. The molecule has 2 aromatic rings. The van der Waals surface area contributed by atoms with Gasteiger partial charge in [-0.25, -0.2) is 4.39 Å². The van der Waals surface area contributed by atoms with E-state index in [2.05, 4.69) is 21.2 Å². The fraction of sp³-hybridized carbons (Fsp3) is 0.263. The highest BCUT2D eigenvalue weighted by molar-refractivity contribution is 9.10. The third-order valence-corrected chi connectivity index (χ3v) is 4.28. The van der Waals surface area contributed by atoms with Crippen molar-refractivity contribution >= 4 is 27.6 Å². The summed E-state index contributed by atoms with van der Waals surface area (Å²) in [7, 11) is 0. The van der Waals surface area contributed by atoms with E-state index in [-0.39, 0.29) is 30.3 Å². The molecule has 0 bridgehead atoms. The zero-order valence-corrected chi connectivity index (χ0v) is 15.0. The molecule has 126 valence electrons. The smallest absolute Gasteiger partial charge is 0.220 e. The van der Waals surface area contributed by atoms with Crippen LogP contribution in [0.15, 0.2) is 46.9 Å². The molecule has 0 heterocycles. The molecule has 0 saturated heterocycles. The first-order valence-electron chi connectivity index (χ1n) is 7.76. The Morgan fingerprint density at radius 1 is 1.08 bits per heavy atom. The van der Waals surface area contributed by atoms with Crippen LogP contribution < -0.4 is 5.32 Å². The second-order valence-corrected chi connectivity index (χ2v) is 6.49. The Kier molecular flexibility index (Phi) is 6.67. The van der Waals surface area contributed by atoms with Crippen molar-refractivity contribution in [1.82, 2.24) is 5.32 Å². The van der Waals surface area contributed by atoms with E-state index >= 15 is 0 Å². The van der Waals surface area contributed by atoms with Crippen LogP contribution in [0, 0.1) is 12.7 Å². The minimum absolute atomic E-state index is 0.0346. The van der Waals surface area contributed by atoms with Gasteiger partial charge in [-0.2, -0.15) is 0 Å². The number of carbonyl (C=O) groups excluding carboxylic acids is 2. The van der Waals surface area contributed by atoms with E-state index in [9.17, 15) is 14.0 Å². The molecule has 24 heavy (non-hydrogen) atoms. The van der Waals surface area contributed by atoms with Gasteiger partial charge in [0.1, 0.15) is 5.82 Å². The minimum atomic E-state index is -0.308. The van der Waals surface area contributed by atoms with Crippen molar-refractivity contribution in [3.05, 3.63) is 69.4 Å². The van der Waals surface area contributed by atoms with Gasteiger partial charge in [0, 0.05) is 24.9 Å². The maximum absolute atomic E-state index is 13.1. The van der Waals surface area contributed by atoms with Crippen LogP contribution in [-0.4, -0.2) is 18.2 Å². The lowest BCUT2D eigenvalue weighted by atomic mass is 10.0. The van der Waals surface area contributed by atoms with Gasteiger partial charge < -0.3 is 5.32 Å². The van der Waals surface area contributed by atoms with Gasteiger partial charge in [0.15, 0.2) is 5.78 Å². The second-order valence-electron chi connectivity index (χ2n) is 5.64. The maximum atomic E-state index is 13.1. The predicted octanol–water partition coefficient (Wildman–Crippen LogP) is 4.22. The lowest BCUT2D eigenvalue weighted by Crippen LogP contribution is -2.26. The summed E-state index contributed by atoms with van der Waals surface area (Å²) in [5, 5.41) is 2.78. The summed E-state index contributed by atoms with van der Waals surface area (Å²) in [5.74, 6) is -0.498. The number of hydrogen-bond donors (Lipinski definition) is 1. The standard InChI is InChI=1S/C19H19BrFNO2/c1-13-2-5-15(6-3-13)18(23)8-9-19(24)22-11-10-14-4-7-17(21)16(20)12-14/h2-7,12H,8-11H2,1H3,(H,22,24). The van der Waals surface area contributed by atoms with Gasteiger partial charge in [-0.15, -0.1) is 0 Å². The van der Waals surface area contributed by atoms with Gasteiger partial charge in [-0.3, -0.25) is 9.59 Å². The number of aryl methyl sites for hydroxylation is 1. The maximum Gasteiger partial charge on any atom is 0.220 e. The van der Waals surface area contributed by atoms with Crippen LogP contribution in [-0.2, 0) is 11.2 Å². The van der Waals surface area contributed by atoms with E-state index in [1.807, 2.05) is 19.1 Å². The number of nitrogens with one attached hydrogen (secondary N) is 1. The van der Waals surface area contributed by atoms with Crippen molar-refractivity contribution in [2.24, 2.45) is 0 Å². The highest BCUT2D eigenvalue weighted by atomic mass is 79.9. The number of Topliss-reactive ketones (excluding diaryl/α,β-unsaturated/α-hetero) is 1. The van der Waals surface area contributed by atoms with E-state index < -0.39 is 0 Å². The molecule has 1 N–H and O–H groups in total. The topological polar surface area (TPSA) is 46.2 Å². The number of benzene rings is 2. The summed E-state index contributed by atoms with van der Waals surface area (Å²) in [6.45, 7) is 2.41. The quantitative estimate of drug-likeness (QED) is 0.718. The van der Waals surface area contributed by atoms with Crippen LogP contribution in [0.5, 0.6) is 0 Å². The third-order valence-electron chi connectivity index (χ3n) is 3.67. The minimum Gasteiger partial charge on any atom is -0.356 e. The van der Waals surface area contributed by atoms with Crippen molar-refractivity contribution in [3.63, 3.8) is 0 Å². The molecule has 0 aliphatic carbocycles. The van der Waals surface area contributed by atoms with Crippen molar-refractivity contribution in [2.75, 3.05) is 6.54 Å². The van der Waals surface area contributed by atoms with Crippen molar-refractivity contribution in [1.29, 1.82) is 0 Å². The molecule has 0 saturated carbocycles. The van der Waals surface area contributed by atoms with Crippen molar-refractivity contribution < 1.29 is 14.0 Å². The fourth-order valence-electron chi connectivity index (χ4n) is 2.24. The van der Waals surface area contributed by atoms with Crippen LogP contribution in [0.1, 0.15) is 34.3 Å². The van der Waals surface area contributed by atoms with Crippen LogP contribution >= 0.6 is 15.9 Å². The van der Waals surface area contributed by atoms with E-state index in [1.165, 1.54) is 6.07 Å².